The molecule has 3 unspecified atom stereocenters. The van der Waals surface area contributed by atoms with Gasteiger partial charge in [0.2, 0.25) is 0 Å². The Labute approximate surface area is 109 Å². The van der Waals surface area contributed by atoms with Gasteiger partial charge in [0.05, 0.1) is 12.2 Å². The number of ether oxygens (including phenoxy) is 2. The summed E-state index contributed by atoms with van der Waals surface area (Å²) in [6.07, 6.45) is 6.59. The quantitative estimate of drug-likeness (QED) is 0.694. The van der Waals surface area contributed by atoms with E-state index in [9.17, 15) is 4.79 Å². The lowest BCUT2D eigenvalue weighted by molar-refractivity contribution is -0.118. The molecule has 0 aliphatic carbocycles. The number of piperidine rings is 1. The van der Waals surface area contributed by atoms with Crippen molar-refractivity contribution in [2.45, 2.75) is 43.7 Å². The molecule has 0 bridgehead atoms. The van der Waals surface area contributed by atoms with Crippen LogP contribution in [0.1, 0.15) is 32.1 Å². The summed E-state index contributed by atoms with van der Waals surface area (Å²) >= 11 is 0. The van der Waals surface area contributed by atoms with Gasteiger partial charge in [0.25, 0.3) is 0 Å². The highest BCUT2D eigenvalue weighted by Gasteiger charge is 2.43. The summed E-state index contributed by atoms with van der Waals surface area (Å²) in [5, 5.41) is 0. The van der Waals surface area contributed by atoms with E-state index in [1.165, 1.54) is 0 Å². The first-order valence-electron chi connectivity index (χ1n) is 7.22. The van der Waals surface area contributed by atoms with Crippen LogP contribution in [0.2, 0.25) is 0 Å². The van der Waals surface area contributed by atoms with E-state index in [4.69, 9.17) is 9.47 Å². The molecule has 102 valence electrons. The van der Waals surface area contributed by atoms with Gasteiger partial charge in [0.15, 0.2) is 0 Å². The second-order valence-corrected chi connectivity index (χ2v) is 6.01. The second kappa shape index (κ2) is 5.27. The predicted molar refractivity (Wildman–Crippen MR) is 67.5 cm³/mol. The molecule has 0 amide bonds. The molecule has 3 aliphatic rings. The number of rotatable bonds is 2. The average molecular weight is 253 g/mol. The van der Waals surface area contributed by atoms with Crippen LogP contribution in [0.5, 0.6) is 0 Å². The Morgan fingerprint density at radius 3 is 3.00 bits per heavy atom. The fourth-order valence-electron chi connectivity index (χ4n) is 3.66. The number of hydrogen-bond donors (Lipinski definition) is 0. The minimum Gasteiger partial charge on any atom is -0.378 e. The van der Waals surface area contributed by atoms with Gasteiger partial charge < -0.3 is 14.3 Å². The molecule has 18 heavy (non-hydrogen) atoms. The van der Waals surface area contributed by atoms with Crippen molar-refractivity contribution >= 4 is 6.29 Å². The van der Waals surface area contributed by atoms with Gasteiger partial charge in [0.1, 0.15) is 6.29 Å². The van der Waals surface area contributed by atoms with Gasteiger partial charge in [0, 0.05) is 38.1 Å². The molecule has 3 fully saturated rings. The maximum absolute atomic E-state index is 11.0. The molecule has 0 saturated carbocycles. The fraction of sp³-hybridized carbons (Fsp3) is 0.929. The van der Waals surface area contributed by atoms with Crippen molar-refractivity contribution in [2.24, 2.45) is 5.92 Å². The third kappa shape index (κ3) is 2.46. The minimum absolute atomic E-state index is 0.0168. The van der Waals surface area contributed by atoms with E-state index in [-0.39, 0.29) is 11.5 Å². The van der Waals surface area contributed by atoms with E-state index in [1.807, 2.05) is 0 Å². The number of likely N-dealkylation sites (tertiary alicyclic amines) is 1. The highest BCUT2D eigenvalue weighted by molar-refractivity contribution is 5.53. The number of aldehydes is 1. The maximum Gasteiger partial charge on any atom is 0.124 e. The third-order valence-corrected chi connectivity index (χ3v) is 4.73. The predicted octanol–water partition coefficient (Wildman–Crippen LogP) is 1.24. The normalized spacial score (nSPS) is 42.2. The lowest BCUT2D eigenvalue weighted by atomic mass is 9.87. The summed E-state index contributed by atoms with van der Waals surface area (Å²) in [6.45, 7) is 4.53. The van der Waals surface area contributed by atoms with Crippen LogP contribution in [0.15, 0.2) is 0 Å². The zero-order valence-electron chi connectivity index (χ0n) is 11.0. The average Bonchev–Trinajstić information content (AvgIpc) is 2.87. The van der Waals surface area contributed by atoms with Crippen LogP contribution in [0, 0.1) is 5.92 Å². The Hall–Kier alpha value is -0.450. The van der Waals surface area contributed by atoms with Crippen molar-refractivity contribution in [2.75, 3.05) is 32.9 Å². The van der Waals surface area contributed by atoms with Crippen LogP contribution < -0.4 is 0 Å². The molecule has 4 nitrogen and oxygen atoms in total. The number of carbonyl (C=O) groups is 1. The summed E-state index contributed by atoms with van der Waals surface area (Å²) in [6, 6.07) is 0.586. The Kier molecular flexibility index (Phi) is 3.68. The Morgan fingerprint density at radius 1 is 1.28 bits per heavy atom. The summed E-state index contributed by atoms with van der Waals surface area (Å²) in [7, 11) is 0. The smallest absolute Gasteiger partial charge is 0.124 e. The van der Waals surface area contributed by atoms with Crippen LogP contribution in [-0.2, 0) is 14.3 Å². The van der Waals surface area contributed by atoms with Crippen molar-refractivity contribution in [3.8, 4) is 0 Å². The van der Waals surface area contributed by atoms with Crippen LogP contribution in [0.4, 0.5) is 0 Å². The standard InChI is InChI=1S/C14H23NO3/c16-10-12-2-1-5-15(9-12)13-3-6-18-14(8-13)4-7-17-11-14/h10,12-13H,1-9,11H2. The molecule has 0 aromatic heterocycles. The van der Waals surface area contributed by atoms with E-state index in [0.717, 1.165) is 71.3 Å². The lowest BCUT2D eigenvalue weighted by Crippen LogP contribution is -2.51. The Morgan fingerprint density at radius 2 is 2.22 bits per heavy atom. The van der Waals surface area contributed by atoms with Crippen molar-refractivity contribution in [1.29, 1.82) is 0 Å². The van der Waals surface area contributed by atoms with Crippen molar-refractivity contribution in [3.63, 3.8) is 0 Å². The van der Waals surface area contributed by atoms with E-state index in [0.29, 0.717) is 6.04 Å². The third-order valence-electron chi connectivity index (χ3n) is 4.73. The van der Waals surface area contributed by atoms with Crippen molar-refractivity contribution < 1.29 is 14.3 Å². The molecule has 4 heteroatoms. The largest absolute Gasteiger partial charge is 0.378 e. The molecule has 0 N–H and O–H groups in total. The summed E-state index contributed by atoms with van der Waals surface area (Å²) < 4.78 is 11.5. The van der Waals surface area contributed by atoms with Crippen LogP contribution in [0.25, 0.3) is 0 Å². The summed E-state index contributed by atoms with van der Waals surface area (Å²) in [4.78, 5) is 13.5. The van der Waals surface area contributed by atoms with Crippen molar-refractivity contribution in [3.05, 3.63) is 0 Å². The maximum atomic E-state index is 11.0. The first kappa shape index (κ1) is 12.6. The van der Waals surface area contributed by atoms with Gasteiger partial charge >= 0.3 is 0 Å². The van der Waals surface area contributed by atoms with E-state index in [2.05, 4.69) is 4.90 Å². The molecule has 3 atom stereocenters. The summed E-state index contributed by atoms with van der Waals surface area (Å²) in [5.41, 5.74) is -0.0168. The molecule has 3 heterocycles. The van der Waals surface area contributed by atoms with Gasteiger partial charge in [-0.1, -0.05) is 0 Å². The molecule has 3 aliphatic heterocycles. The first-order chi connectivity index (χ1) is 8.81. The van der Waals surface area contributed by atoms with E-state index < -0.39 is 0 Å². The second-order valence-electron chi connectivity index (χ2n) is 6.01. The molecule has 3 rings (SSSR count). The van der Waals surface area contributed by atoms with E-state index >= 15 is 0 Å². The SMILES string of the molecule is O=CC1CCCN(C2CCOC3(CCOC3)C2)C1. The van der Waals surface area contributed by atoms with Crippen LogP contribution in [0.3, 0.4) is 0 Å². The topological polar surface area (TPSA) is 38.8 Å². The fourth-order valence-corrected chi connectivity index (χ4v) is 3.66. The van der Waals surface area contributed by atoms with Crippen molar-refractivity contribution in [1.82, 2.24) is 4.90 Å². The lowest BCUT2D eigenvalue weighted by Gasteiger charge is -2.44. The molecule has 0 aromatic carbocycles. The van der Waals surface area contributed by atoms with Gasteiger partial charge in [-0.15, -0.1) is 0 Å². The van der Waals surface area contributed by atoms with Crippen LogP contribution in [-0.4, -0.2) is 55.7 Å². The first-order valence-corrected chi connectivity index (χ1v) is 7.22. The van der Waals surface area contributed by atoms with Gasteiger partial charge in [-0.3, -0.25) is 4.90 Å². The molecule has 0 radical (unpaired) electrons. The number of hydrogen-bond acceptors (Lipinski definition) is 4. The molecule has 3 saturated heterocycles. The molecule has 1 spiro atoms. The molecule has 0 aromatic rings. The summed E-state index contributed by atoms with van der Waals surface area (Å²) in [5.74, 6) is 0.248. The molecular weight excluding hydrogens is 230 g/mol. The Balaban J connectivity index is 1.63. The van der Waals surface area contributed by atoms with Crippen LogP contribution >= 0.6 is 0 Å². The minimum atomic E-state index is -0.0168. The Bertz CT molecular complexity index is 301. The van der Waals surface area contributed by atoms with Gasteiger partial charge in [-0.05, 0) is 32.2 Å². The highest BCUT2D eigenvalue weighted by atomic mass is 16.6. The number of nitrogens with zero attached hydrogens (tertiary/aromatic N) is 1. The number of carbonyl (C=O) groups excluding carboxylic acids is 1. The monoisotopic (exact) mass is 253 g/mol. The van der Waals surface area contributed by atoms with Gasteiger partial charge in [-0.2, -0.15) is 0 Å². The van der Waals surface area contributed by atoms with E-state index in [1.54, 1.807) is 0 Å². The highest BCUT2D eigenvalue weighted by Crippen LogP contribution is 2.35. The zero-order chi connectivity index (χ0) is 12.4. The molecular formula is C14H23NO3. The van der Waals surface area contributed by atoms with Gasteiger partial charge in [-0.25, -0.2) is 0 Å². The zero-order valence-corrected chi connectivity index (χ0v) is 11.0.